The van der Waals surface area contributed by atoms with Crippen molar-refractivity contribution in [2.24, 2.45) is 0 Å². The third-order valence-electron chi connectivity index (χ3n) is 2.85. The van der Waals surface area contributed by atoms with Gasteiger partial charge in [-0.05, 0) is 0 Å². The number of nitrogens with one attached hydrogen (secondary N) is 1. The van der Waals surface area contributed by atoms with Crippen molar-refractivity contribution in [3.63, 3.8) is 0 Å². The molecule has 9 heteroatoms. The Morgan fingerprint density at radius 3 is 2.07 bits per heavy atom. The molecule has 0 saturated heterocycles. The average molecular weight is 490 g/mol. The van der Waals surface area contributed by atoms with E-state index in [1.807, 2.05) is 18.2 Å². The first kappa shape index (κ1) is 24.3. The van der Waals surface area contributed by atoms with Gasteiger partial charge in [-0.15, -0.1) is 0 Å². The zero-order valence-corrected chi connectivity index (χ0v) is 19.7. The van der Waals surface area contributed by atoms with Crippen LogP contribution in [-0.2, 0) is 10.1 Å². The molecule has 0 fully saturated rings. The summed E-state index contributed by atoms with van der Waals surface area (Å²) in [4.78, 5) is 0. The molecular weight excluding hydrogens is 463 g/mol. The second-order valence-electron chi connectivity index (χ2n) is 5.37. The number of para-hydroxylation sites is 1. The van der Waals surface area contributed by atoms with Crippen molar-refractivity contribution < 1.29 is 18.7 Å². The topological polar surface area (TPSA) is 96.9 Å². The van der Waals surface area contributed by atoms with E-state index in [-0.39, 0.29) is 0 Å². The number of anilines is 2. The predicted octanol–water partition coefficient (Wildman–Crippen LogP) is 2.22. The second-order valence-corrected chi connectivity index (χ2v) is 18.5. The van der Waals surface area contributed by atoms with Crippen molar-refractivity contribution in [3.05, 3.63) is 61.5 Å². The molecule has 0 amide bonds. The summed E-state index contributed by atoms with van der Waals surface area (Å²) in [5.74, 6) is 2.32. The van der Waals surface area contributed by atoms with Crippen LogP contribution in [0.2, 0.25) is 0 Å². The molecule has 0 bridgehead atoms. The first-order valence-electron chi connectivity index (χ1n) is 8.31. The quantitative estimate of drug-likeness (QED) is 0.319. The van der Waals surface area contributed by atoms with Crippen LogP contribution >= 0.6 is 20.0 Å². The van der Waals surface area contributed by atoms with Crippen LogP contribution in [0.3, 0.4) is 0 Å². The molecule has 1 unspecified atom stereocenters. The Labute approximate surface area is 173 Å². The van der Waals surface area contributed by atoms with E-state index in [0.29, 0.717) is 6.26 Å². The number of quaternary nitrogens is 1. The Hall–Kier alpha value is -0.762. The molecule has 0 saturated carbocycles. The molecule has 1 atom stereocenters. The van der Waals surface area contributed by atoms with Gasteiger partial charge in [-0.1, -0.05) is 0 Å². The third kappa shape index (κ3) is 12.3. The van der Waals surface area contributed by atoms with Crippen LogP contribution < -0.4 is 15.4 Å². The van der Waals surface area contributed by atoms with E-state index < -0.39 is 22.5 Å². The van der Waals surface area contributed by atoms with Crippen molar-refractivity contribution >= 4 is 58.2 Å². The maximum atomic E-state index is 9.08. The van der Waals surface area contributed by atoms with Crippen LogP contribution in [0.1, 0.15) is 6.42 Å². The van der Waals surface area contributed by atoms with Gasteiger partial charge >= 0.3 is 145 Å². The molecule has 2 aromatic carbocycles. The number of hydrogen-bond acceptors (Lipinski definition) is 6. The first-order chi connectivity index (χ1) is 12.8. The molecule has 148 valence electrons. The van der Waals surface area contributed by atoms with Gasteiger partial charge in [0.25, 0.3) is 0 Å². The fourth-order valence-electron chi connectivity index (χ4n) is 1.84. The zero-order chi connectivity index (χ0) is 20.1. The molecule has 5 nitrogen and oxygen atoms in total. The van der Waals surface area contributed by atoms with Gasteiger partial charge in [-0.2, -0.15) is 0 Å². The summed E-state index contributed by atoms with van der Waals surface area (Å²) in [6.45, 7) is 4.97. The first-order valence-corrected chi connectivity index (χ1v) is 17.5. The Bertz CT molecular complexity index is 728. The van der Waals surface area contributed by atoms with Crippen molar-refractivity contribution in [1.29, 1.82) is 0 Å². The number of rotatable bonds is 9. The van der Waals surface area contributed by atoms with E-state index in [1.54, 1.807) is 0 Å². The standard InChI is InChI=1S/C17H22AsN2S2.CH4O3S/c1-2-13-21-18(22-14-12-19)15-8-10-17(11-9-15)20-16-6-4-3-5-7-16;1-5(2,3)4/h3-11,20H,1-2,12-14,19H2;1H3,(H,2,3,4)/q+1;. The molecule has 0 radical (unpaired) electrons. The Kier molecular flexibility index (Phi) is 12.1. The van der Waals surface area contributed by atoms with E-state index in [9.17, 15) is 0 Å². The monoisotopic (exact) mass is 489 g/mol. The molecule has 4 N–H and O–H groups in total. The fourth-order valence-corrected chi connectivity index (χ4v) is 14.4. The third-order valence-corrected chi connectivity index (χ3v) is 16.5. The molecule has 0 aromatic heterocycles. The van der Waals surface area contributed by atoms with Gasteiger partial charge in [0.05, 0.1) is 10.1 Å². The average Bonchev–Trinajstić information content (AvgIpc) is 2.62. The van der Waals surface area contributed by atoms with Crippen LogP contribution in [0.15, 0.2) is 54.6 Å². The van der Waals surface area contributed by atoms with E-state index in [0.717, 1.165) is 35.8 Å². The van der Waals surface area contributed by atoms with Crippen LogP contribution in [-0.4, -0.2) is 49.6 Å². The summed E-state index contributed by atoms with van der Waals surface area (Å²) < 4.78 is 28.7. The zero-order valence-electron chi connectivity index (χ0n) is 15.3. The van der Waals surface area contributed by atoms with E-state index in [4.69, 9.17) is 13.0 Å². The van der Waals surface area contributed by atoms with Crippen LogP contribution in [0, 0.1) is 6.92 Å². The van der Waals surface area contributed by atoms with Gasteiger partial charge < -0.3 is 4.55 Å². The van der Waals surface area contributed by atoms with Gasteiger partial charge in [0.15, 0.2) is 0 Å². The molecule has 27 heavy (non-hydrogen) atoms. The Morgan fingerprint density at radius 1 is 1.04 bits per heavy atom. The molecule has 0 heterocycles. The minimum absolute atomic E-state index is 0.604. The van der Waals surface area contributed by atoms with Crippen LogP contribution in [0.5, 0.6) is 0 Å². The summed E-state index contributed by atoms with van der Waals surface area (Å²) >= 11 is -1.08. The number of benzene rings is 2. The molecule has 0 aliphatic rings. The second kappa shape index (κ2) is 13.4. The van der Waals surface area contributed by atoms with E-state index in [1.165, 1.54) is 4.35 Å². The minimum atomic E-state index is -3.92. The number of hydrogen-bond donors (Lipinski definition) is 2. The maximum absolute atomic E-state index is 9.08. The summed E-state index contributed by atoms with van der Waals surface area (Å²) in [5.41, 5.74) is 6.24. The summed E-state index contributed by atoms with van der Waals surface area (Å²) in [5, 5.41) is 3.44. The normalized spacial score (nSPS) is 12.0. The summed E-state index contributed by atoms with van der Waals surface area (Å²) in [6, 6.07) is 19.3. The Morgan fingerprint density at radius 2 is 1.56 bits per heavy atom. The van der Waals surface area contributed by atoms with E-state index in [2.05, 4.69) is 74.4 Å². The van der Waals surface area contributed by atoms with Gasteiger partial charge in [-0.25, -0.2) is 8.42 Å². The van der Waals surface area contributed by atoms with Crippen molar-refractivity contribution in [2.75, 3.05) is 29.6 Å². The van der Waals surface area contributed by atoms with Crippen molar-refractivity contribution in [3.8, 4) is 0 Å². The van der Waals surface area contributed by atoms with Crippen LogP contribution in [0.25, 0.3) is 0 Å². The molecule has 0 spiro atoms. The van der Waals surface area contributed by atoms with Gasteiger partial charge in [0.1, 0.15) is 0 Å². The van der Waals surface area contributed by atoms with E-state index >= 15 is 0 Å². The fraction of sp³-hybridized carbons (Fsp3) is 0.278. The van der Waals surface area contributed by atoms with Gasteiger partial charge in [0.2, 0.25) is 0 Å². The summed E-state index contributed by atoms with van der Waals surface area (Å²) in [6.07, 6.45) is 1.61. The van der Waals surface area contributed by atoms with Gasteiger partial charge in [-0.3, -0.25) is 0 Å². The summed E-state index contributed by atoms with van der Waals surface area (Å²) in [7, 11) is 0.328. The van der Waals surface area contributed by atoms with Gasteiger partial charge in [0, 0.05) is 6.26 Å². The van der Waals surface area contributed by atoms with Crippen molar-refractivity contribution in [2.45, 2.75) is 6.42 Å². The molecular formula is C18H26AsN2O3S3+. The molecule has 0 aliphatic carbocycles. The Balaban J connectivity index is 0.000000646. The van der Waals surface area contributed by atoms with Crippen molar-refractivity contribution in [1.82, 2.24) is 0 Å². The predicted molar refractivity (Wildman–Crippen MR) is 120 cm³/mol. The molecule has 2 aromatic rings. The molecule has 0 aliphatic heterocycles. The SMILES string of the molecule is CS(=O)(=O)[O-].[CH2+]CCS[As](SCC[NH3+])c1ccc(Nc2ccccc2)cc1. The van der Waals surface area contributed by atoms with Crippen LogP contribution in [0.4, 0.5) is 11.4 Å². The molecule has 2 rings (SSSR count).